The summed E-state index contributed by atoms with van der Waals surface area (Å²) in [5.41, 5.74) is 6.74. The topological polar surface area (TPSA) is 46.2 Å². The van der Waals surface area contributed by atoms with Crippen LogP contribution in [0.4, 0.5) is 0 Å². The molecule has 1 atom stereocenters. The van der Waals surface area contributed by atoms with E-state index in [0.717, 1.165) is 31.2 Å². The van der Waals surface area contributed by atoms with Crippen LogP contribution in [-0.2, 0) is 0 Å². The van der Waals surface area contributed by atoms with Crippen molar-refractivity contribution < 1.29 is 5.11 Å². The summed E-state index contributed by atoms with van der Waals surface area (Å²) in [5.74, 6) is 0. The van der Waals surface area contributed by atoms with Crippen molar-refractivity contribution in [3.8, 4) is 0 Å². The van der Waals surface area contributed by atoms with Gasteiger partial charge in [0.25, 0.3) is 0 Å². The van der Waals surface area contributed by atoms with Crippen molar-refractivity contribution in [2.45, 2.75) is 37.3 Å². The zero-order valence-corrected chi connectivity index (χ0v) is 8.32. The van der Waals surface area contributed by atoms with Gasteiger partial charge in [-0.2, -0.15) is 0 Å². The van der Waals surface area contributed by atoms with Crippen molar-refractivity contribution in [2.24, 2.45) is 5.73 Å². The van der Waals surface area contributed by atoms with Crippen molar-refractivity contribution in [1.82, 2.24) is 0 Å². The second-order valence-electron chi connectivity index (χ2n) is 4.25. The van der Waals surface area contributed by atoms with E-state index >= 15 is 0 Å². The molecule has 0 amide bonds. The summed E-state index contributed by atoms with van der Waals surface area (Å²) in [5, 5.41) is 10.2. The summed E-state index contributed by atoms with van der Waals surface area (Å²) in [6.45, 7) is 0. The highest BCUT2D eigenvalue weighted by atomic mass is 16.3. The van der Waals surface area contributed by atoms with Gasteiger partial charge in [-0.3, -0.25) is 0 Å². The van der Waals surface area contributed by atoms with Crippen LogP contribution in [-0.4, -0.2) is 10.6 Å². The number of nitrogens with two attached hydrogens (primary N) is 1. The van der Waals surface area contributed by atoms with E-state index < -0.39 is 6.10 Å². The molecule has 1 aromatic carbocycles. The molecule has 76 valence electrons. The molecule has 0 heterocycles. The van der Waals surface area contributed by atoms with Crippen LogP contribution in [0.3, 0.4) is 0 Å². The Morgan fingerprint density at radius 3 is 2.29 bits per heavy atom. The summed E-state index contributed by atoms with van der Waals surface area (Å²) in [4.78, 5) is 0. The molecule has 0 aliphatic heterocycles. The molecule has 14 heavy (non-hydrogen) atoms. The van der Waals surface area contributed by atoms with Gasteiger partial charge in [-0.1, -0.05) is 43.2 Å². The zero-order valence-electron chi connectivity index (χ0n) is 8.32. The smallest absolute Gasteiger partial charge is 0.0969 e. The molecule has 0 bridgehead atoms. The molecule has 0 aromatic heterocycles. The Morgan fingerprint density at radius 1 is 1.14 bits per heavy atom. The van der Waals surface area contributed by atoms with Gasteiger partial charge in [-0.15, -0.1) is 0 Å². The minimum absolute atomic E-state index is 0.388. The van der Waals surface area contributed by atoms with E-state index in [1.54, 1.807) is 0 Å². The zero-order chi connectivity index (χ0) is 10.0. The third kappa shape index (κ3) is 1.68. The molecule has 1 aromatic rings. The summed E-state index contributed by atoms with van der Waals surface area (Å²) < 4.78 is 0. The van der Waals surface area contributed by atoms with Gasteiger partial charge in [0.1, 0.15) is 0 Å². The maximum atomic E-state index is 10.2. The Balaban J connectivity index is 2.19. The van der Waals surface area contributed by atoms with Crippen LogP contribution in [0.2, 0.25) is 0 Å². The first-order chi connectivity index (χ1) is 6.72. The second kappa shape index (κ2) is 3.71. The Kier molecular flexibility index (Phi) is 2.57. The van der Waals surface area contributed by atoms with Gasteiger partial charge in [0.15, 0.2) is 0 Å². The van der Waals surface area contributed by atoms with Gasteiger partial charge >= 0.3 is 0 Å². The van der Waals surface area contributed by atoms with E-state index in [1.807, 2.05) is 30.3 Å². The number of hydrogen-bond donors (Lipinski definition) is 2. The van der Waals surface area contributed by atoms with Crippen LogP contribution < -0.4 is 5.73 Å². The van der Waals surface area contributed by atoms with E-state index in [4.69, 9.17) is 5.73 Å². The van der Waals surface area contributed by atoms with Crippen LogP contribution in [0.1, 0.15) is 37.4 Å². The molecule has 2 rings (SSSR count). The first kappa shape index (κ1) is 9.69. The Morgan fingerprint density at radius 2 is 1.71 bits per heavy atom. The molecular weight excluding hydrogens is 174 g/mol. The number of aliphatic hydroxyl groups excluding tert-OH is 1. The van der Waals surface area contributed by atoms with Gasteiger partial charge in [0, 0.05) is 5.54 Å². The molecule has 0 spiro atoms. The highest BCUT2D eigenvalue weighted by molar-refractivity contribution is 5.21. The van der Waals surface area contributed by atoms with Crippen LogP contribution in [0.15, 0.2) is 30.3 Å². The van der Waals surface area contributed by atoms with E-state index in [9.17, 15) is 5.11 Å². The summed E-state index contributed by atoms with van der Waals surface area (Å²) >= 11 is 0. The number of hydrogen-bond acceptors (Lipinski definition) is 2. The fourth-order valence-electron chi connectivity index (χ4n) is 2.27. The minimum Gasteiger partial charge on any atom is -0.386 e. The monoisotopic (exact) mass is 191 g/mol. The lowest BCUT2D eigenvalue weighted by atomic mass is 9.87. The maximum absolute atomic E-state index is 10.2. The normalized spacial score (nSPS) is 22.1. The molecule has 0 saturated heterocycles. The van der Waals surface area contributed by atoms with Gasteiger partial charge in [-0.05, 0) is 18.4 Å². The average molecular weight is 191 g/mol. The molecule has 2 nitrogen and oxygen atoms in total. The molecule has 1 saturated carbocycles. The predicted octanol–water partition coefficient (Wildman–Crippen LogP) is 1.99. The molecule has 3 N–H and O–H groups in total. The van der Waals surface area contributed by atoms with Crippen LogP contribution in [0.25, 0.3) is 0 Å². The Bertz CT molecular complexity index is 290. The van der Waals surface area contributed by atoms with E-state index in [2.05, 4.69) is 0 Å². The van der Waals surface area contributed by atoms with Crippen LogP contribution in [0.5, 0.6) is 0 Å². The lowest BCUT2D eigenvalue weighted by Crippen LogP contribution is -2.42. The predicted molar refractivity (Wildman–Crippen MR) is 56.8 cm³/mol. The van der Waals surface area contributed by atoms with Crippen LogP contribution in [0, 0.1) is 0 Å². The molecule has 2 heteroatoms. The molecule has 1 fully saturated rings. The largest absolute Gasteiger partial charge is 0.386 e. The number of rotatable bonds is 2. The van der Waals surface area contributed by atoms with E-state index in [-0.39, 0.29) is 5.54 Å². The van der Waals surface area contributed by atoms with Gasteiger partial charge in [0.05, 0.1) is 6.10 Å². The lowest BCUT2D eigenvalue weighted by Gasteiger charge is -2.30. The molecule has 0 radical (unpaired) electrons. The van der Waals surface area contributed by atoms with Crippen molar-refractivity contribution in [2.75, 3.05) is 0 Å². The second-order valence-corrected chi connectivity index (χ2v) is 4.25. The average Bonchev–Trinajstić information content (AvgIpc) is 2.67. The Labute approximate surface area is 84.7 Å². The van der Waals surface area contributed by atoms with Gasteiger partial charge in [-0.25, -0.2) is 0 Å². The third-order valence-corrected chi connectivity index (χ3v) is 3.19. The summed E-state index contributed by atoms with van der Waals surface area (Å²) in [6.07, 6.45) is 3.64. The van der Waals surface area contributed by atoms with Gasteiger partial charge in [0.2, 0.25) is 0 Å². The summed E-state index contributed by atoms with van der Waals surface area (Å²) in [7, 11) is 0. The van der Waals surface area contributed by atoms with Crippen molar-refractivity contribution in [3.63, 3.8) is 0 Å². The fraction of sp³-hybridized carbons (Fsp3) is 0.500. The number of benzene rings is 1. The number of aliphatic hydroxyl groups is 1. The van der Waals surface area contributed by atoms with Crippen molar-refractivity contribution in [3.05, 3.63) is 35.9 Å². The van der Waals surface area contributed by atoms with Crippen molar-refractivity contribution >= 4 is 0 Å². The van der Waals surface area contributed by atoms with E-state index in [0.29, 0.717) is 0 Å². The first-order valence-electron chi connectivity index (χ1n) is 5.24. The molecular formula is C12H17NO. The first-order valence-corrected chi connectivity index (χ1v) is 5.24. The quantitative estimate of drug-likeness (QED) is 0.751. The van der Waals surface area contributed by atoms with Crippen LogP contribution >= 0.6 is 0 Å². The van der Waals surface area contributed by atoms with Gasteiger partial charge < -0.3 is 10.8 Å². The van der Waals surface area contributed by atoms with Crippen molar-refractivity contribution in [1.29, 1.82) is 0 Å². The maximum Gasteiger partial charge on any atom is 0.0969 e. The lowest BCUT2D eigenvalue weighted by molar-refractivity contribution is 0.0872. The standard InChI is InChI=1S/C12H17NO/c13-12(8-4-5-9-12)11(14)10-6-2-1-3-7-10/h1-3,6-7,11,14H,4-5,8-9,13H2. The van der Waals surface area contributed by atoms with E-state index in [1.165, 1.54) is 0 Å². The molecule has 1 aliphatic carbocycles. The minimum atomic E-state index is -0.508. The third-order valence-electron chi connectivity index (χ3n) is 3.19. The Hall–Kier alpha value is -0.860. The highest BCUT2D eigenvalue weighted by Gasteiger charge is 2.37. The highest BCUT2D eigenvalue weighted by Crippen LogP contribution is 2.37. The summed E-state index contributed by atoms with van der Waals surface area (Å²) in [6, 6.07) is 9.72. The fourth-order valence-corrected chi connectivity index (χ4v) is 2.27. The molecule has 1 aliphatic rings. The SMILES string of the molecule is NC1(C(O)c2ccccc2)CCCC1. The molecule has 1 unspecified atom stereocenters.